The van der Waals surface area contributed by atoms with Crippen LogP contribution in [0.25, 0.3) is 0 Å². The molecule has 0 fully saturated rings. The summed E-state index contributed by atoms with van der Waals surface area (Å²) in [6.45, 7) is 2.88. The Morgan fingerprint density at radius 2 is 2.28 bits per heavy atom. The van der Waals surface area contributed by atoms with Crippen LogP contribution in [-0.4, -0.2) is 27.6 Å². The van der Waals surface area contributed by atoms with E-state index in [1.165, 1.54) is 0 Å². The molecule has 1 aromatic carbocycles. The molecular weight excluding hydrogens is 324 g/mol. The summed E-state index contributed by atoms with van der Waals surface area (Å²) in [7, 11) is 0. The predicted octanol–water partition coefficient (Wildman–Crippen LogP) is 1.89. The second kappa shape index (κ2) is 6.31. The Balaban J connectivity index is 1.39. The Labute approximate surface area is 143 Å². The molecule has 0 saturated carbocycles. The monoisotopic (exact) mass is 340 g/mol. The fraction of sp³-hybridized carbons (Fsp3) is 0.235. The van der Waals surface area contributed by atoms with Crippen LogP contribution >= 0.6 is 0 Å². The fourth-order valence-electron chi connectivity index (χ4n) is 2.60. The zero-order valence-electron chi connectivity index (χ0n) is 13.6. The molecule has 2 aromatic heterocycles. The van der Waals surface area contributed by atoms with Crippen molar-refractivity contribution in [2.24, 2.45) is 0 Å². The number of fused-ring (bicyclic) bond motifs is 1. The molecule has 0 bridgehead atoms. The Morgan fingerprint density at radius 3 is 3.12 bits per heavy atom. The largest absolute Gasteiger partial charge is 0.454 e. The number of hydrogen-bond acceptors (Lipinski definition) is 6. The molecule has 3 aromatic rings. The molecule has 8 nitrogen and oxygen atoms in total. The predicted molar refractivity (Wildman–Crippen MR) is 86.3 cm³/mol. The van der Waals surface area contributed by atoms with E-state index in [1.54, 1.807) is 16.9 Å². The van der Waals surface area contributed by atoms with Crippen molar-refractivity contribution >= 4 is 5.91 Å². The van der Waals surface area contributed by atoms with Gasteiger partial charge in [0, 0.05) is 24.4 Å². The first-order valence-electron chi connectivity index (χ1n) is 7.79. The van der Waals surface area contributed by atoms with E-state index in [1.807, 2.05) is 31.3 Å². The van der Waals surface area contributed by atoms with E-state index < -0.39 is 0 Å². The zero-order chi connectivity index (χ0) is 17.2. The van der Waals surface area contributed by atoms with E-state index in [-0.39, 0.29) is 18.4 Å². The van der Waals surface area contributed by atoms with Crippen molar-refractivity contribution in [3.05, 3.63) is 59.2 Å². The molecule has 1 N–H and O–H groups in total. The van der Waals surface area contributed by atoms with E-state index in [0.717, 1.165) is 11.1 Å². The smallest absolute Gasteiger partial charge is 0.273 e. The van der Waals surface area contributed by atoms with Gasteiger partial charge in [0.1, 0.15) is 6.54 Å². The molecule has 0 radical (unpaired) electrons. The second-order valence-corrected chi connectivity index (χ2v) is 5.73. The van der Waals surface area contributed by atoms with Gasteiger partial charge in [-0.25, -0.2) is 0 Å². The van der Waals surface area contributed by atoms with E-state index in [4.69, 9.17) is 14.0 Å². The summed E-state index contributed by atoms with van der Waals surface area (Å²) < 4.78 is 17.7. The summed E-state index contributed by atoms with van der Waals surface area (Å²) >= 11 is 0. The summed E-state index contributed by atoms with van der Waals surface area (Å²) in [5.41, 5.74) is 2.13. The number of amides is 1. The molecule has 0 atom stereocenters. The van der Waals surface area contributed by atoms with Gasteiger partial charge in [-0.1, -0.05) is 17.3 Å². The summed E-state index contributed by atoms with van der Waals surface area (Å²) in [4.78, 5) is 12.3. The lowest BCUT2D eigenvalue weighted by Gasteiger charge is -2.06. The van der Waals surface area contributed by atoms with Gasteiger partial charge in [-0.05, 0) is 18.6 Å². The second-order valence-electron chi connectivity index (χ2n) is 5.73. The van der Waals surface area contributed by atoms with Crippen molar-refractivity contribution in [1.82, 2.24) is 20.3 Å². The average molecular weight is 340 g/mol. The van der Waals surface area contributed by atoms with Gasteiger partial charge in [-0.2, -0.15) is 5.10 Å². The molecule has 0 spiro atoms. The summed E-state index contributed by atoms with van der Waals surface area (Å²) in [6, 6.07) is 7.17. The minimum Gasteiger partial charge on any atom is -0.454 e. The zero-order valence-corrected chi connectivity index (χ0v) is 13.6. The van der Waals surface area contributed by atoms with Crippen LogP contribution in [0.3, 0.4) is 0 Å². The van der Waals surface area contributed by atoms with Crippen LogP contribution in [0, 0.1) is 6.92 Å². The first kappa shape index (κ1) is 15.3. The van der Waals surface area contributed by atoms with Gasteiger partial charge in [0.2, 0.25) is 6.79 Å². The number of aromatic nitrogens is 3. The number of benzene rings is 1. The van der Waals surface area contributed by atoms with Crippen LogP contribution in [0.15, 0.2) is 41.2 Å². The molecule has 8 heteroatoms. The van der Waals surface area contributed by atoms with Gasteiger partial charge in [-0.15, -0.1) is 0 Å². The molecular formula is C17H16N4O4. The van der Waals surface area contributed by atoms with E-state index in [2.05, 4.69) is 15.6 Å². The lowest BCUT2D eigenvalue weighted by molar-refractivity contribution is 0.0941. The van der Waals surface area contributed by atoms with Crippen LogP contribution in [0.5, 0.6) is 11.5 Å². The molecule has 0 aliphatic carbocycles. The maximum atomic E-state index is 12.3. The van der Waals surface area contributed by atoms with Gasteiger partial charge >= 0.3 is 0 Å². The molecule has 1 aliphatic rings. The number of nitrogens with one attached hydrogen (secondary N) is 1. The van der Waals surface area contributed by atoms with E-state index in [9.17, 15) is 4.79 Å². The number of rotatable bonds is 5. The van der Waals surface area contributed by atoms with Crippen molar-refractivity contribution in [2.75, 3.05) is 6.79 Å². The summed E-state index contributed by atoms with van der Waals surface area (Å²) in [5.74, 6) is 1.59. The Kier molecular flexibility index (Phi) is 3.85. The fourth-order valence-corrected chi connectivity index (χ4v) is 2.60. The molecule has 25 heavy (non-hydrogen) atoms. The highest BCUT2D eigenvalue weighted by atomic mass is 16.7. The van der Waals surface area contributed by atoms with Crippen LogP contribution in [-0.2, 0) is 13.1 Å². The standard InChI is InChI=1S/C17H16N4O4/c1-11-6-19-21(8-11)9-13-5-14(20-25-13)17(22)18-7-12-3-2-4-15-16(12)24-10-23-15/h2-6,8H,7,9-10H2,1H3,(H,18,22). The first-order chi connectivity index (χ1) is 12.2. The minimum atomic E-state index is -0.317. The maximum absolute atomic E-state index is 12.3. The number of carbonyl (C=O) groups excluding carboxylic acids is 1. The lowest BCUT2D eigenvalue weighted by atomic mass is 10.2. The van der Waals surface area contributed by atoms with Crippen molar-refractivity contribution in [3.63, 3.8) is 0 Å². The number of ether oxygens (including phenoxy) is 2. The third-order valence-electron chi connectivity index (χ3n) is 3.79. The number of para-hydroxylation sites is 1. The number of carbonyl (C=O) groups is 1. The molecule has 1 amide bonds. The quantitative estimate of drug-likeness (QED) is 0.762. The third kappa shape index (κ3) is 3.18. The minimum absolute atomic E-state index is 0.194. The van der Waals surface area contributed by atoms with E-state index >= 15 is 0 Å². The summed E-state index contributed by atoms with van der Waals surface area (Å²) in [5, 5.41) is 10.8. The van der Waals surface area contributed by atoms with Crippen molar-refractivity contribution in [1.29, 1.82) is 0 Å². The highest BCUT2D eigenvalue weighted by Gasteiger charge is 2.18. The van der Waals surface area contributed by atoms with Crippen LogP contribution in [0.4, 0.5) is 0 Å². The van der Waals surface area contributed by atoms with Gasteiger partial charge in [0.15, 0.2) is 23.0 Å². The first-order valence-corrected chi connectivity index (χ1v) is 7.79. The number of nitrogens with zero attached hydrogens (tertiary/aromatic N) is 3. The Hall–Kier alpha value is -3.29. The highest BCUT2D eigenvalue weighted by molar-refractivity contribution is 5.92. The number of hydrogen-bond donors (Lipinski definition) is 1. The highest BCUT2D eigenvalue weighted by Crippen LogP contribution is 2.35. The lowest BCUT2D eigenvalue weighted by Crippen LogP contribution is -2.23. The van der Waals surface area contributed by atoms with Crippen molar-refractivity contribution in [2.45, 2.75) is 20.0 Å². The molecule has 3 heterocycles. The SMILES string of the molecule is Cc1cnn(Cc2cc(C(=O)NCc3cccc4c3OCO4)no2)c1. The average Bonchev–Trinajstić information content (AvgIpc) is 3.34. The van der Waals surface area contributed by atoms with Crippen LogP contribution in [0.2, 0.25) is 0 Å². The van der Waals surface area contributed by atoms with Crippen molar-refractivity contribution in [3.8, 4) is 11.5 Å². The Bertz CT molecular complexity index is 915. The van der Waals surface area contributed by atoms with Gasteiger partial charge in [0.25, 0.3) is 5.91 Å². The molecule has 0 saturated heterocycles. The van der Waals surface area contributed by atoms with Crippen LogP contribution in [0.1, 0.15) is 27.4 Å². The summed E-state index contributed by atoms with van der Waals surface area (Å²) in [6.07, 6.45) is 3.65. The molecule has 0 unspecified atom stereocenters. The third-order valence-corrected chi connectivity index (χ3v) is 3.79. The van der Waals surface area contributed by atoms with Crippen LogP contribution < -0.4 is 14.8 Å². The van der Waals surface area contributed by atoms with Crippen molar-refractivity contribution < 1.29 is 18.8 Å². The van der Waals surface area contributed by atoms with E-state index in [0.29, 0.717) is 30.3 Å². The normalized spacial score (nSPS) is 12.4. The molecule has 128 valence electrons. The number of aryl methyl sites for hydroxylation is 1. The molecule has 4 rings (SSSR count). The van der Waals surface area contributed by atoms with Gasteiger partial charge < -0.3 is 19.3 Å². The Morgan fingerprint density at radius 1 is 1.36 bits per heavy atom. The molecule has 1 aliphatic heterocycles. The van der Waals surface area contributed by atoms with Gasteiger partial charge in [-0.3, -0.25) is 9.48 Å². The maximum Gasteiger partial charge on any atom is 0.273 e. The van der Waals surface area contributed by atoms with Gasteiger partial charge in [0.05, 0.1) is 6.20 Å². The topological polar surface area (TPSA) is 91.4 Å².